The zero-order chi connectivity index (χ0) is 22.0. The Morgan fingerprint density at radius 2 is 2.06 bits per heavy atom. The quantitative estimate of drug-likeness (QED) is 0.666. The Labute approximate surface area is 177 Å². The minimum Gasteiger partial charge on any atom is -0.356 e. The van der Waals surface area contributed by atoms with Crippen LogP contribution in [0.1, 0.15) is 53.8 Å². The fraction of sp³-hybridized carbons (Fsp3) is 0.429. The van der Waals surface area contributed by atoms with Crippen molar-refractivity contribution in [2.45, 2.75) is 38.3 Å². The molecule has 0 saturated carbocycles. The van der Waals surface area contributed by atoms with Crippen LogP contribution < -0.4 is 10.2 Å². The predicted molar refractivity (Wildman–Crippen MR) is 109 cm³/mol. The van der Waals surface area contributed by atoms with Gasteiger partial charge in [-0.05, 0) is 43.5 Å². The van der Waals surface area contributed by atoms with E-state index in [2.05, 4.69) is 25.4 Å². The maximum Gasteiger partial charge on any atom is 0.417 e. The predicted octanol–water partition coefficient (Wildman–Crippen LogP) is 3.67. The summed E-state index contributed by atoms with van der Waals surface area (Å²) in [6.07, 6.45) is 0.680. The average molecular weight is 432 g/mol. The van der Waals surface area contributed by atoms with Crippen LogP contribution in [0.4, 0.5) is 19.0 Å². The van der Waals surface area contributed by atoms with E-state index in [1.807, 2.05) is 6.92 Å². The molecule has 1 unspecified atom stereocenters. The molecule has 0 spiro atoms. The molecule has 0 aliphatic carbocycles. The maximum atomic E-state index is 13.1. The highest BCUT2D eigenvalue weighted by molar-refractivity contribution is 5.94. The standard InChI is InChI=1S/C21H23F3N6O/c1-2-9-25-20(31)14-5-7-17(26-11-14)29-10-3-4-15(12-29)19-28-27-18-8-6-16(13-30(18)19)21(22,23)24/h5-8,11,13,15H,2-4,9-10,12H2,1H3,(H,25,31). The van der Waals surface area contributed by atoms with Gasteiger partial charge in [0.05, 0.1) is 11.1 Å². The van der Waals surface area contributed by atoms with Gasteiger partial charge in [0.25, 0.3) is 5.91 Å². The topological polar surface area (TPSA) is 75.4 Å². The Hall–Kier alpha value is -3.17. The number of rotatable bonds is 5. The number of nitrogens with one attached hydrogen (secondary N) is 1. The number of aromatic nitrogens is 4. The van der Waals surface area contributed by atoms with E-state index in [-0.39, 0.29) is 11.8 Å². The van der Waals surface area contributed by atoms with Crippen LogP contribution in [-0.4, -0.2) is 45.1 Å². The van der Waals surface area contributed by atoms with Crippen molar-refractivity contribution < 1.29 is 18.0 Å². The molecule has 4 rings (SSSR count). The summed E-state index contributed by atoms with van der Waals surface area (Å²) in [4.78, 5) is 18.6. The molecule has 7 nitrogen and oxygen atoms in total. The highest BCUT2D eigenvalue weighted by atomic mass is 19.4. The van der Waals surface area contributed by atoms with Crippen molar-refractivity contribution in [2.75, 3.05) is 24.5 Å². The lowest BCUT2D eigenvalue weighted by atomic mass is 9.97. The number of halogens is 3. The van der Waals surface area contributed by atoms with Crippen LogP contribution in [0.2, 0.25) is 0 Å². The zero-order valence-corrected chi connectivity index (χ0v) is 17.1. The van der Waals surface area contributed by atoms with Gasteiger partial charge in [0, 0.05) is 37.9 Å². The van der Waals surface area contributed by atoms with Crippen LogP contribution in [0.3, 0.4) is 0 Å². The summed E-state index contributed by atoms with van der Waals surface area (Å²) in [5, 5.41) is 11.0. The molecule has 1 aliphatic heterocycles. The molecule has 0 aromatic carbocycles. The first kappa shape index (κ1) is 21.1. The van der Waals surface area contributed by atoms with E-state index >= 15 is 0 Å². The number of anilines is 1. The van der Waals surface area contributed by atoms with Crippen molar-refractivity contribution in [3.63, 3.8) is 0 Å². The second kappa shape index (κ2) is 8.52. The van der Waals surface area contributed by atoms with Crippen molar-refractivity contribution in [3.8, 4) is 0 Å². The third kappa shape index (κ3) is 4.47. The number of amides is 1. The molecule has 1 aliphatic rings. The van der Waals surface area contributed by atoms with E-state index in [9.17, 15) is 18.0 Å². The van der Waals surface area contributed by atoms with E-state index < -0.39 is 11.7 Å². The molecule has 31 heavy (non-hydrogen) atoms. The van der Waals surface area contributed by atoms with Gasteiger partial charge >= 0.3 is 6.18 Å². The van der Waals surface area contributed by atoms with Gasteiger partial charge in [-0.2, -0.15) is 13.2 Å². The lowest BCUT2D eigenvalue weighted by Gasteiger charge is -2.32. The number of alkyl halides is 3. The average Bonchev–Trinajstić information content (AvgIpc) is 3.20. The Balaban J connectivity index is 1.53. The molecule has 0 bridgehead atoms. The fourth-order valence-corrected chi connectivity index (χ4v) is 3.80. The molecule has 4 heterocycles. The number of carbonyl (C=O) groups excluding carboxylic acids is 1. The molecular formula is C21H23F3N6O. The van der Waals surface area contributed by atoms with Crippen LogP contribution >= 0.6 is 0 Å². The zero-order valence-electron chi connectivity index (χ0n) is 17.1. The maximum absolute atomic E-state index is 13.1. The van der Waals surface area contributed by atoms with Crippen molar-refractivity contribution in [1.82, 2.24) is 24.9 Å². The van der Waals surface area contributed by atoms with E-state index in [4.69, 9.17) is 0 Å². The first-order valence-electron chi connectivity index (χ1n) is 10.3. The molecule has 1 atom stereocenters. The Morgan fingerprint density at radius 3 is 2.77 bits per heavy atom. The second-order valence-electron chi connectivity index (χ2n) is 7.65. The van der Waals surface area contributed by atoms with E-state index in [0.717, 1.165) is 43.9 Å². The highest BCUT2D eigenvalue weighted by Gasteiger charge is 2.32. The lowest BCUT2D eigenvalue weighted by molar-refractivity contribution is -0.137. The van der Waals surface area contributed by atoms with E-state index in [1.54, 1.807) is 18.3 Å². The van der Waals surface area contributed by atoms with E-state index in [1.165, 1.54) is 10.5 Å². The van der Waals surface area contributed by atoms with Crippen LogP contribution in [0.15, 0.2) is 36.7 Å². The molecule has 1 amide bonds. The molecule has 1 N–H and O–H groups in total. The number of fused-ring (bicyclic) bond motifs is 1. The summed E-state index contributed by atoms with van der Waals surface area (Å²) >= 11 is 0. The van der Waals surface area contributed by atoms with Gasteiger partial charge in [-0.15, -0.1) is 10.2 Å². The van der Waals surface area contributed by atoms with Gasteiger partial charge in [-0.1, -0.05) is 6.92 Å². The Kier molecular flexibility index (Phi) is 5.79. The molecule has 1 saturated heterocycles. The molecule has 1 fully saturated rings. The van der Waals surface area contributed by atoms with E-state index in [0.29, 0.717) is 30.1 Å². The highest BCUT2D eigenvalue weighted by Crippen LogP contribution is 2.32. The number of piperidine rings is 1. The number of hydrogen-bond acceptors (Lipinski definition) is 5. The molecular weight excluding hydrogens is 409 g/mol. The van der Waals surface area contributed by atoms with Crippen LogP contribution in [0, 0.1) is 0 Å². The summed E-state index contributed by atoms with van der Waals surface area (Å²) in [5.74, 6) is 0.997. The van der Waals surface area contributed by atoms with Gasteiger partial charge < -0.3 is 10.2 Å². The van der Waals surface area contributed by atoms with Crippen LogP contribution in [0.5, 0.6) is 0 Å². The van der Waals surface area contributed by atoms with Gasteiger partial charge in [0.2, 0.25) is 0 Å². The molecule has 0 radical (unpaired) electrons. The monoisotopic (exact) mass is 432 g/mol. The minimum absolute atomic E-state index is 0.0819. The Morgan fingerprint density at radius 1 is 1.23 bits per heavy atom. The van der Waals surface area contributed by atoms with Crippen molar-refractivity contribution in [1.29, 1.82) is 0 Å². The van der Waals surface area contributed by atoms with Gasteiger partial charge in [-0.25, -0.2) is 4.98 Å². The fourth-order valence-electron chi connectivity index (χ4n) is 3.80. The molecule has 3 aromatic rings. The number of pyridine rings is 2. The summed E-state index contributed by atoms with van der Waals surface area (Å²) < 4.78 is 40.9. The number of nitrogens with zero attached hydrogens (tertiary/aromatic N) is 5. The van der Waals surface area contributed by atoms with Crippen molar-refractivity contribution in [2.24, 2.45) is 0 Å². The van der Waals surface area contributed by atoms with Crippen molar-refractivity contribution in [3.05, 3.63) is 53.6 Å². The first-order valence-corrected chi connectivity index (χ1v) is 10.3. The largest absolute Gasteiger partial charge is 0.417 e. The number of carbonyl (C=O) groups is 1. The molecule has 164 valence electrons. The normalized spacial score (nSPS) is 17.2. The summed E-state index contributed by atoms with van der Waals surface area (Å²) in [6, 6.07) is 5.89. The SMILES string of the molecule is CCCNC(=O)c1ccc(N2CCCC(c3nnc4ccc(C(F)(F)F)cn34)C2)nc1. The summed E-state index contributed by atoms with van der Waals surface area (Å²) in [7, 11) is 0. The lowest BCUT2D eigenvalue weighted by Crippen LogP contribution is -2.35. The molecule has 3 aromatic heterocycles. The first-order chi connectivity index (χ1) is 14.9. The third-order valence-corrected chi connectivity index (χ3v) is 5.41. The van der Waals surface area contributed by atoms with Gasteiger partial charge in [0.1, 0.15) is 11.6 Å². The Bertz CT molecular complexity index is 1060. The van der Waals surface area contributed by atoms with Crippen molar-refractivity contribution >= 4 is 17.4 Å². The van der Waals surface area contributed by atoms with Gasteiger partial charge in [-0.3, -0.25) is 9.20 Å². The molecule has 10 heteroatoms. The minimum atomic E-state index is -4.43. The van der Waals surface area contributed by atoms with Crippen LogP contribution in [0.25, 0.3) is 5.65 Å². The van der Waals surface area contributed by atoms with Crippen LogP contribution in [-0.2, 0) is 6.18 Å². The third-order valence-electron chi connectivity index (χ3n) is 5.41. The van der Waals surface area contributed by atoms with Gasteiger partial charge in [0.15, 0.2) is 5.65 Å². The second-order valence-corrected chi connectivity index (χ2v) is 7.65. The number of hydrogen-bond donors (Lipinski definition) is 1. The summed E-state index contributed by atoms with van der Waals surface area (Å²) in [5.41, 5.74) is 0.155. The smallest absolute Gasteiger partial charge is 0.356 e. The summed E-state index contributed by atoms with van der Waals surface area (Å²) in [6.45, 7) is 3.93.